The Labute approximate surface area is 199 Å². The SMILES string of the molecule is CC1(C)C(=O)Nc2cc(/C=C/CCC(=O)c3cccn(Cc4cc(F)c(F)c(F)c4)c3=O)ccc21. The van der Waals surface area contributed by atoms with Crippen molar-refractivity contribution < 1.29 is 22.8 Å². The molecule has 4 rings (SSSR count). The van der Waals surface area contributed by atoms with Crippen LogP contribution in [0.3, 0.4) is 0 Å². The number of carbonyl (C=O) groups excluding carboxylic acids is 2. The predicted octanol–water partition coefficient (Wildman–Crippen LogP) is 5.22. The van der Waals surface area contributed by atoms with Gasteiger partial charge < -0.3 is 9.88 Å². The van der Waals surface area contributed by atoms with Crippen molar-refractivity contribution in [2.45, 2.75) is 38.6 Å². The van der Waals surface area contributed by atoms with Crippen molar-refractivity contribution in [1.82, 2.24) is 4.57 Å². The Morgan fingerprint density at radius 1 is 1.06 bits per heavy atom. The van der Waals surface area contributed by atoms with Crippen LogP contribution in [-0.4, -0.2) is 16.3 Å². The van der Waals surface area contributed by atoms with E-state index >= 15 is 0 Å². The summed E-state index contributed by atoms with van der Waals surface area (Å²) in [5.74, 6) is -4.69. The maximum Gasteiger partial charge on any atom is 0.261 e. The maximum atomic E-state index is 13.5. The number of rotatable bonds is 7. The monoisotopic (exact) mass is 480 g/mol. The molecule has 1 aromatic heterocycles. The number of allylic oxidation sites excluding steroid dienone is 1. The summed E-state index contributed by atoms with van der Waals surface area (Å²) < 4.78 is 41.3. The van der Waals surface area contributed by atoms with Crippen LogP contribution in [0.25, 0.3) is 6.08 Å². The zero-order chi connectivity index (χ0) is 25.3. The van der Waals surface area contributed by atoms with Crippen molar-refractivity contribution in [3.63, 3.8) is 0 Å². The minimum absolute atomic E-state index is 0.0357. The van der Waals surface area contributed by atoms with Gasteiger partial charge in [-0.3, -0.25) is 14.4 Å². The first-order valence-corrected chi connectivity index (χ1v) is 11.1. The largest absolute Gasteiger partial charge is 0.325 e. The standard InChI is InChI=1S/C27H23F3N2O3/c1-27(2)19-10-9-16(14-22(19)31-26(27)35)6-3-4-8-23(33)18-7-5-11-32(25(18)34)15-17-12-20(28)24(30)21(29)13-17/h3,5-7,9-14H,4,8,15H2,1-2H3,(H,31,35)/b6-3+. The first-order valence-electron chi connectivity index (χ1n) is 11.1. The van der Waals surface area contributed by atoms with Crippen LogP contribution in [0.1, 0.15) is 53.7 Å². The molecular formula is C27H23F3N2O3. The Bertz CT molecular complexity index is 1400. The van der Waals surface area contributed by atoms with Gasteiger partial charge in [-0.2, -0.15) is 0 Å². The fraction of sp³-hybridized carbons (Fsp3) is 0.222. The molecule has 0 saturated heterocycles. The number of hydrogen-bond acceptors (Lipinski definition) is 3. The highest BCUT2D eigenvalue weighted by Gasteiger charge is 2.38. The van der Waals surface area contributed by atoms with Gasteiger partial charge in [-0.05, 0) is 67.3 Å². The minimum Gasteiger partial charge on any atom is -0.325 e. The highest BCUT2D eigenvalue weighted by molar-refractivity contribution is 6.05. The van der Waals surface area contributed by atoms with Crippen LogP contribution in [0, 0.1) is 17.5 Å². The molecule has 1 amide bonds. The van der Waals surface area contributed by atoms with Crippen molar-refractivity contribution in [3.8, 4) is 0 Å². The van der Waals surface area contributed by atoms with Gasteiger partial charge in [0.25, 0.3) is 5.56 Å². The maximum absolute atomic E-state index is 13.5. The third kappa shape index (κ3) is 4.82. The van der Waals surface area contributed by atoms with E-state index in [-0.39, 0.29) is 35.8 Å². The topological polar surface area (TPSA) is 68.2 Å². The van der Waals surface area contributed by atoms with Crippen LogP contribution in [0.4, 0.5) is 18.9 Å². The van der Waals surface area contributed by atoms with Gasteiger partial charge in [0.05, 0.1) is 17.5 Å². The Balaban J connectivity index is 1.41. The molecule has 1 N–H and O–H groups in total. The number of amides is 1. The summed E-state index contributed by atoms with van der Waals surface area (Å²) in [5.41, 5.74) is 1.42. The zero-order valence-electron chi connectivity index (χ0n) is 19.2. The molecule has 0 radical (unpaired) electrons. The molecule has 8 heteroatoms. The molecule has 1 aliphatic heterocycles. The van der Waals surface area contributed by atoms with Crippen molar-refractivity contribution in [1.29, 1.82) is 0 Å². The predicted molar refractivity (Wildman–Crippen MR) is 127 cm³/mol. The van der Waals surface area contributed by atoms with Crippen molar-refractivity contribution in [2.75, 3.05) is 5.32 Å². The first-order chi connectivity index (χ1) is 16.6. The lowest BCUT2D eigenvalue weighted by Crippen LogP contribution is -2.26. The molecule has 0 fully saturated rings. The molecule has 1 aliphatic rings. The summed E-state index contributed by atoms with van der Waals surface area (Å²) in [4.78, 5) is 37.4. The lowest BCUT2D eigenvalue weighted by atomic mass is 9.86. The number of pyridine rings is 1. The second-order valence-corrected chi connectivity index (χ2v) is 8.98. The lowest BCUT2D eigenvalue weighted by Gasteiger charge is -2.14. The number of Topliss-reactive ketones (excluding diaryl/α,β-unsaturated/α-hetero) is 1. The van der Waals surface area contributed by atoms with E-state index in [1.165, 1.54) is 18.3 Å². The molecule has 0 aliphatic carbocycles. The smallest absolute Gasteiger partial charge is 0.261 e. The quantitative estimate of drug-likeness (QED) is 0.373. The Kier molecular flexibility index (Phi) is 6.47. The fourth-order valence-corrected chi connectivity index (χ4v) is 4.05. The fourth-order valence-electron chi connectivity index (χ4n) is 4.05. The van der Waals surface area contributed by atoms with E-state index in [2.05, 4.69) is 5.32 Å². The molecule has 0 spiro atoms. The number of carbonyl (C=O) groups is 2. The average Bonchev–Trinajstić information content (AvgIpc) is 3.03. The minimum atomic E-state index is -1.58. The van der Waals surface area contributed by atoms with Crippen LogP contribution in [0.5, 0.6) is 0 Å². The number of halogens is 3. The molecule has 2 heterocycles. The summed E-state index contributed by atoms with van der Waals surface area (Å²) in [6, 6.07) is 10.2. The third-order valence-electron chi connectivity index (χ3n) is 6.10. The van der Waals surface area contributed by atoms with Crippen molar-refractivity contribution >= 4 is 23.5 Å². The zero-order valence-corrected chi connectivity index (χ0v) is 19.2. The molecule has 35 heavy (non-hydrogen) atoms. The van der Waals surface area contributed by atoms with Crippen LogP contribution >= 0.6 is 0 Å². The first kappa shape index (κ1) is 24.2. The molecule has 5 nitrogen and oxygen atoms in total. The molecule has 0 bridgehead atoms. The van der Waals surface area contributed by atoms with Gasteiger partial charge >= 0.3 is 0 Å². The number of fused-ring (bicyclic) bond motifs is 1. The number of hydrogen-bond donors (Lipinski definition) is 1. The Morgan fingerprint density at radius 3 is 2.49 bits per heavy atom. The van der Waals surface area contributed by atoms with Crippen molar-refractivity contribution in [3.05, 3.63) is 105 Å². The second kappa shape index (κ2) is 9.37. The Hall–Kier alpha value is -3.94. The molecule has 180 valence electrons. The molecular weight excluding hydrogens is 457 g/mol. The number of aromatic nitrogens is 1. The van der Waals surface area contributed by atoms with E-state index in [1.807, 2.05) is 44.2 Å². The number of anilines is 1. The van der Waals surface area contributed by atoms with E-state index < -0.39 is 28.4 Å². The van der Waals surface area contributed by atoms with Gasteiger partial charge in [-0.15, -0.1) is 0 Å². The molecule has 0 saturated carbocycles. The molecule has 2 aromatic carbocycles. The van der Waals surface area contributed by atoms with E-state index in [1.54, 1.807) is 0 Å². The molecule has 3 aromatic rings. The van der Waals surface area contributed by atoms with E-state index in [4.69, 9.17) is 0 Å². The van der Waals surface area contributed by atoms with Crippen LogP contribution in [-0.2, 0) is 16.8 Å². The van der Waals surface area contributed by atoms with Gasteiger partial charge in [-0.1, -0.05) is 24.3 Å². The van der Waals surface area contributed by atoms with Crippen LogP contribution in [0.15, 0.2) is 59.5 Å². The number of nitrogens with one attached hydrogen (secondary N) is 1. The summed E-state index contributed by atoms with van der Waals surface area (Å²) in [6.45, 7) is 3.52. The summed E-state index contributed by atoms with van der Waals surface area (Å²) in [5, 5.41) is 2.87. The number of benzene rings is 2. The van der Waals surface area contributed by atoms with E-state index in [0.717, 1.165) is 33.5 Å². The van der Waals surface area contributed by atoms with Crippen LogP contribution in [0.2, 0.25) is 0 Å². The molecule has 0 atom stereocenters. The summed E-state index contributed by atoms with van der Waals surface area (Å²) >= 11 is 0. The summed E-state index contributed by atoms with van der Waals surface area (Å²) in [7, 11) is 0. The normalized spacial score (nSPS) is 14.3. The van der Waals surface area contributed by atoms with E-state index in [9.17, 15) is 27.6 Å². The molecule has 0 unspecified atom stereocenters. The van der Waals surface area contributed by atoms with Gasteiger partial charge in [0.1, 0.15) is 0 Å². The lowest BCUT2D eigenvalue weighted by molar-refractivity contribution is -0.119. The van der Waals surface area contributed by atoms with Gasteiger partial charge in [0.2, 0.25) is 5.91 Å². The highest BCUT2D eigenvalue weighted by Crippen LogP contribution is 2.37. The Morgan fingerprint density at radius 2 is 1.77 bits per heavy atom. The van der Waals surface area contributed by atoms with Crippen LogP contribution < -0.4 is 10.9 Å². The van der Waals surface area contributed by atoms with Gasteiger partial charge in [-0.25, -0.2) is 13.2 Å². The number of nitrogens with zero attached hydrogens (tertiary/aromatic N) is 1. The van der Waals surface area contributed by atoms with E-state index in [0.29, 0.717) is 6.42 Å². The van der Waals surface area contributed by atoms with Gasteiger partial charge in [0.15, 0.2) is 23.2 Å². The summed E-state index contributed by atoms with van der Waals surface area (Å²) in [6.07, 6.45) is 5.52. The second-order valence-electron chi connectivity index (χ2n) is 8.98. The van der Waals surface area contributed by atoms with Crippen molar-refractivity contribution in [2.24, 2.45) is 0 Å². The highest BCUT2D eigenvalue weighted by atomic mass is 19.2. The van der Waals surface area contributed by atoms with Gasteiger partial charge in [0, 0.05) is 18.3 Å². The third-order valence-corrected chi connectivity index (χ3v) is 6.10. The number of ketones is 1. The average molecular weight is 480 g/mol.